The van der Waals surface area contributed by atoms with E-state index in [-0.39, 0.29) is 17.7 Å². The van der Waals surface area contributed by atoms with E-state index in [1.54, 1.807) is 0 Å². The average molecular weight is 395 g/mol. The summed E-state index contributed by atoms with van der Waals surface area (Å²) in [6.45, 7) is 2.81. The highest BCUT2D eigenvalue weighted by Crippen LogP contribution is 2.34. The van der Waals surface area contributed by atoms with Crippen molar-refractivity contribution in [1.82, 2.24) is 0 Å². The molecule has 0 saturated heterocycles. The summed E-state index contributed by atoms with van der Waals surface area (Å²) in [6, 6.07) is 14.1. The van der Waals surface area contributed by atoms with Crippen LogP contribution in [0.5, 0.6) is 0 Å². The van der Waals surface area contributed by atoms with Crippen molar-refractivity contribution in [1.29, 1.82) is 0 Å². The van der Waals surface area contributed by atoms with Crippen LogP contribution in [-0.2, 0) is 22.4 Å². The normalized spacial score (nSPS) is 19.3. The van der Waals surface area contributed by atoms with Crippen molar-refractivity contribution < 1.29 is 9.59 Å². The largest absolute Gasteiger partial charge is 0.312 e. The topological polar surface area (TPSA) is 62.1 Å². The second-order valence-corrected chi connectivity index (χ2v) is 7.87. The number of hydrogen-bond donors (Lipinski definition) is 0. The van der Waals surface area contributed by atoms with Gasteiger partial charge < -0.3 is 4.90 Å². The van der Waals surface area contributed by atoms with Crippen molar-refractivity contribution in [2.24, 2.45) is 16.1 Å². The van der Waals surface area contributed by atoms with Gasteiger partial charge in [-0.1, -0.05) is 66.3 Å². The highest BCUT2D eigenvalue weighted by Gasteiger charge is 2.28. The van der Waals surface area contributed by atoms with Gasteiger partial charge in [-0.3, -0.25) is 9.59 Å². The lowest BCUT2D eigenvalue weighted by molar-refractivity contribution is -0.120. The molecule has 0 spiro atoms. The number of carbonyl (C=O) groups is 2. The molecule has 0 bridgehead atoms. The Balaban J connectivity index is 1.35. The highest BCUT2D eigenvalue weighted by atomic mass is 16.2. The molecule has 0 saturated carbocycles. The molecule has 2 heterocycles. The van der Waals surface area contributed by atoms with Gasteiger partial charge in [0.25, 0.3) is 5.91 Å². The molecule has 2 aromatic carbocycles. The summed E-state index contributed by atoms with van der Waals surface area (Å²) in [5, 5.41) is 7.95. The molecular formula is C25H21N3O2. The van der Waals surface area contributed by atoms with Gasteiger partial charge >= 0.3 is 0 Å². The Labute approximate surface area is 175 Å². The summed E-state index contributed by atoms with van der Waals surface area (Å²) in [5.41, 5.74) is 6.92. The highest BCUT2D eigenvalue weighted by molar-refractivity contribution is 5.97. The average Bonchev–Trinajstić information content (AvgIpc) is 3.18. The third-order valence-corrected chi connectivity index (χ3v) is 5.83. The van der Waals surface area contributed by atoms with Crippen LogP contribution < -0.4 is 4.90 Å². The van der Waals surface area contributed by atoms with Crippen LogP contribution in [0.3, 0.4) is 0 Å². The van der Waals surface area contributed by atoms with E-state index in [0.29, 0.717) is 12.1 Å². The molecule has 5 rings (SSSR count). The molecule has 5 heteroatoms. The van der Waals surface area contributed by atoms with Crippen molar-refractivity contribution in [2.45, 2.75) is 19.8 Å². The Hall–Kier alpha value is -3.60. The fourth-order valence-electron chi connectivity index (χ4n) is 4.27. The van der Waals surface area contributed by atoms with Crippen LogP contribution in [0.2, 0.25) is 0 Å². The Morgan fingerprint density at radius 2 is 1.93 bits per heavy atom. The molecule has 1 atom stereocenters. The van der Waals surface area contributed by atoms with Gasteiger partial charge in [0.1, 0.15) is 0 Å². The van der Waals surface area contributed by atoms with E-state index in [1.165, 1.54) is 11.1 Å². The number of nitrogens with zero attached hydrogens (tertiary/aromatic N) is 3. The quantitative estimate of drug-likeness (QED) is 0.764. The van der Waals surface area contributed by atoms with Crippen LogP contribution in [0.25, 0.3) is 5.70 Å². The first-order chi connectivity index (χ1) is 14.6. The van der Waals surface area contributed by atoms with Crippen LogP contribution in [0.15, 0.2) is 82.6 Å². The molecule has 148 valence electrons. The maximum absolute atomic E-state index is 12.9. The third-order valence-electron chi connectivity index (χ3n) is 5.83. The number of benzene rings is 2. The zero-order valence-corrected chi connectivity index (χ0v) is 16.7. The van der Waals surface area contributed by atoms with Gasteiger partial charge in [0.15, 0.2) is 0 Å². The van der Waals surface area contributed by atoms with Gasteiger partial charge in [-0.2, -0.15) is 0 Å². The molecule has 0 N–H and O–H groups in total. The molecule has 2 amide bonds. The summed E-state index contributed by atoms with van der Waals surface area (Å²) in [5.74, 6) is -0.490. The first kappa shape index (κ1) is 18.4. The maximum atomic E-state index is 12.9. The van der Waals surface area contributed by atoms with Gasteiger partial charge in [0, 0.05) is 17.8 Å². The number of fused-ring (bicyclic) bond motifs is 2. The fourth-order valence-corrected chi connectivity index (χ4v) is 4.27. The van der Waals surface area contributed by atoms with Gasteiger partial charge in [-0.15, -0.1) is 10.2 Å². The molecule has 0 fully saturated rings. The monoisotopic (exact) mass is 395 g/mol. The Morgan fingerprint density at radius 1 is 1.10 bits per heavy atom. The molecule has 2 aliphatic heterocycles. The van der Waals surface area contributed by atoms with E-state index in [1.807, 2.05) is 59.5 Å². The SMILES string of the molecule is Cc1ccc2c(c1)CCN2C(=O)Cc1ccc(C2=C3C=CC=CC3C(=O)N=N2)cc1. The van der Waals surface area contributed by atoms with Crippen LogP contribution in [0.4, 0.5) is 5.69 Å². The summed E-state index contributed by atoms with van der Waals surface area (Å²) < 4.78 is 0. The molecule has 0 aromatic heterocycles. The number of carbonyl (C=O) groups excluding carboxylic acids is 2. The molecule has 3 aliphatic rings. The van der Waals surface area contributed by atoms with Crippen LogP contribution >= 0.6 is 0 Å². The number of rotatable bonds is 3. The summed E-state index contributed by atoms with van der Waals surface area (Å²) in [6.07, 6.45) is 8.79. The van der Waals surface area contributed by atoms with E-state index in [2.05, 4.69) is 29.3 Å². The standard InChI is InChI=1S/C25H21N3O2/c1-16-6-11-22-19(14-16)12-13-28(22)23(29)15-17-7-9-18(10-8-17)24-20-4-2-3-5-21(20)25(30)27-26-24/h2-11,14,21H,12-13,15H2,1H3. The number of anilines is 1. The Morgan fingerprint density at radius 3 is 2.77 bits per heavy atom. The van der Waals surface area contributed by atoms with E-state index >= 15 is 0 Å². The first-order valence-corrected chi connectivity index (χ1v) is 10.1. The first-order valence-electron chi connectivity index (χ1n) is 10.1. The van der Waals surface area contributed by atoms with Crippen molar-refractivity contribution in [3.05, 3.63) is 94.6 Å². The Bertz CT molecular complexity index is 1170. The van der Waals surface area contributed by atoms with Gasteiger partial charge in [0.2, 0.25) is 5.91 Å². The summed E-state index contributed by atoms with van der Waals surface area (Å²) in [7, 11) is 0. The number of aryl methyl sites for hydroxylation is 1. The summed E-state index contributed by atoms with van der Waals surface area (Å²) in [4.78, 5) is 26.8. The van der Waals surface area contributed by atoms with Crippen molar-refractivity contribution >= 4 is 23.2 Å². The number of amides is 2. The zero-order valence-electron chi connectivity index (χ0n) is 16.7. The maximum Gasteiger partial charge on any atom is 0.276 e. The predicted octanol–water partition coefficient (Wildman–Crippen LogP) is 4.57. The van der Waals surface area contributed by atoms with E-state index in [0.717, 1.165) is 35.4 Å². The molecule has 5 nitrogen and oxygen atoms in total. The van der Waals surface area contributed by atoms with E-state index in [9.17, 15) is 9.59 Å². The predicted molar refractivity (Wildman–Crippen MR) is 116 cm³/mol. The lowest BCUT2D eigenvalue weighted by Crippen LogP contribution is -2.30. The lowest BCUT2D eigenvalue weighted by Gasteiger charge is -2.20. The molecule has 2 aromatic rings. The van der Waals surface area contributed by atoms with Gasteiger partial charge in [-0.05, 0) is 36.1 Å². The van der Waals surface area contributed by atoms with E-state index in [4.69, 9.17) is 0 Å². The fraction of sp³-hybridized carbons (Fsp3) is 0.200. The van der Waals surface area contributed by atoms with Crippen LogP contribution in [0.1, 0.15) is 22.3 Å². The second-order valence-electron chi connectivity index (χ2n) is 7.87. The molecule has 0 radical (unpaired) electrons. The van der Waals surface area contributed by atoms with Gasteiger partial charge in [0.05, 0.1) is 18.0 Å². The summed E-state index contributed by atoms with van der Waals surface area (Å²) >= 11 is 0. The zero-order chi connectivity index (χ0) is 20.7. The van der Waals surface area contributed by atoms with Crippen LogP contribution in [0, 0.1) is 12.8 Å². The van der Waals surface area contributed by atoms with Crippen molar-refractivity contribution in [3.63, 3.8) is 0 Å². The van der Waals surface area contributed by atoms with Gasteiger partial charge in [-0.25, -0.2) is 0 Å². The van der Waals surface area contributed by atoms with E-state index < -0.39 is 0 Å². The minimum atomic E-state index is -0.359. The third kappa shape index (κ3) is 3.22. The van der Waals surface area contributed by atoms with Crippen molar-refractivity contribution in [3.8, 4) is 0 Å². The molecular weight excluding hydrogens is 374 g/mol. The molecule has 30 heavy (non-hydrogen) atoms. The number of hydrogen-bond acceptors (Lipinski definition) is 3. The van der Waals surface area contributed by atoms with Crippen molar-refractivity contribution in [2.75, 3.05) is 11.4 Å². The Kier molecular flexibility index (Phi) is 4.51. The lowest BCUT2D eigenvalue weighted by atomic mass is 9.89. The smallest absolute Gasteiger partial charge is 0.276 e. The number of allylic oxidation sites excluding steroid dienone is 3. The minimum Gasteiger partial charge on any atom is -0.312 e. The van der Waals surface area contributed by atoms with Crippen LogP contribution in [-0.4, -0.2) is 18.4 Å². The molecule has 1 aliphatic carbocycles. The number of azo groups is 1. The molecule has 1 unspecified atom stereocenters. The second kappa shape index (κ2) is 7.34. The minimum absolute atomic E-state index is 0.107.